The van der Waals surface area contributed by atoms with Crippen LogP contribution in [0.4, 0.5) is 17.2 Å². The van der Waals surface area contributed by atoms with E-state index < -0.39 is 6.10 Å². The lowest BCUT2D eigenvalue weighted by molar-refractivity contribution is -0.111. The Balaban J connectivity index is 1.65. The fourth-order valence-corrected chi connectivity index (χ4v) is 4.19. The number of ether oxygens (including phenoxy) is 1. The van der Waals surface area contributed by atoms with Gasteiger partial charge in [0.25, 0.3) is 0 Å². The summed E-state index contributed by atoms with van der Waals surface area (Å²) in [5, 5.41) is 15.3. The molecule has 0 radical (unpaired) electrons. The van der Waals surface area contributed by atoms with E-state index in [1.807, 2.05) is 25.1 Å². The molecule has 0 aliphatic rings. The van der Waals surface area contributed by atoms with Crippen molar-refractivity contribution in [2.24, 2.45) is 0 Å². The highest BCUT2D eigenvalue weighted by Crippen LogP contribution is 2.37. The minimum Gasteiger partial charge on any atom is -0.486 e. The van der Waals surface area contributed by atoms with Crippen LogP contribution in [-0.4, -0.2) is 21.1 Å². The molecule has 2 aromatic heterocycles. The Kier molecular flexibility index (Phi) is 6.74. The van der Waals surface area contributed by atoms with Crippen LogP contribution >= 0.6 is 34.8 Å². The minimum atomic E-state index is -0.418. The van der Waals surface area contributed by atoms with E-state index >= 15 is 0 Å². The van der Waals surface area contributed by atoms with Gasteiger partial charge >= 0.3 is 0 Å². The average molecular weight is 503 g/mol. The van der Waals surface area contributed by atoms with Gasteiger partial charge in [-0.05, 0) is 43.3 Å². The van der Waals surface area contributed by atoms with Gasteiger partial charge in [-0.2, -0.15) is 5.10 Å². The number of amides is 1. The van der Waals surface area contributed by atoms with Crippen molar-refractivity contribution >= 4 is 68.8 Å². The van der Waals surface area contributed by atoms with E-state index in [0.29, 0.717) is 43.6 Å². The molecule has 0 aliphatic heterocycles. The average Bonchev–Trinajstić information content (AvgIpc) is 3.18. The number of rotatable bonds is 7. The Morgan fingerprint density at radius 3 is 2.64 bits per heavy atom. The van der Waals surface area contributed by atoms with Gasteiger partial charge in [0.15, 0.2) is 5.82 Å². The fourth-order valence-electron chi connectivity index (χ4n) is 3.29. The van der Waals surface area contributed by atoms with Gasteiger partial charge in [0.1, 0.15) is 11.9 Å². The van der Waals surface area contributed by atoms with Crippen molar-refractivity contribution in [1.29, 1.82) is 0 Å². The summed E-state index contributed by atoms with van der Waals surface area (Å²) in [6.45, 7) is 5.33. The van der Waals surface area contributed by atoms with Gasteiger partial charge < -0.3 is 15.4 Å². The van der Waals surface area contributed by atoms with Crippen LogP contribution in [0.1, 0.15) is 18.6 Å². The summed E-state index contributed by atoms with van der Waals surface area (Å²) >= 11 is 18.9. The number of carbonyl (C=O) groups excluding carboxylic acids is 1. The van der Waals surface area contributed by atoms with Gasteiger partial charge in [-0.1, -0.05) is 47.4 Å². The van der Waals surface area contributed by atoms with E-state index in [2.05, 4.69) is 32.4 Å². The Morgan fingerprint density at radius 1 is 1.15 bits per heavy atom. The first-order chi connectivity index (χ1) is 15.9. The minimum absolute atomic E-state index is 0.356. The molecule has 4 rings (SSSR count). The molecule has 1 atom stereocenters. The summed E-state index contributed by atoms with van der Waals surface area (Å²) in [5.41, 5.74) is 2.42. The number of H-pyrrole nitrogens is 1. The molecule has 1 amide bonds. The van der Waals surface area contributed by atoms with Crippen LogP contribution in [-0.2, 0) is 4.79 Å². The number of aromatic nitrogens is 3. The molecule has 3 N–H and O–H groups in total. The van der Waals surface area contributed by atoms with Crippen LogP contribution in [0, 0.1) is 0 Å². The number of hydrogen-bond donors (Lipinski definition) is 3. The Bertz CT molecular complexity index is 1340. The number of anilines is 3. The summed E-state index contributed by atoms with van der Waals surface area (Å²) in [7, 11) is 0. The predicted octanol–water partition coefficient (Wildman–Crippen LogP) is 6.93. The normalized spacial score (nSPS) is 11.8. The maximum Gasteiger partial charge on any atom is 0.247 e. The molecule has 7 nitrogen and oxygen atoms in total. The van der Waals surface area contributed by atoms with Crippen LogP contribution < -0.4 is 15.4 Å². The molecule has 168 valence electrons. The number of pyridine rings is 1. The third-order valence-corrected chi connectivity index (χ3v) is 5.76. The largest absolute Gasteiger partial charge is 0.486 e. The van der Waals surface area contributed by atoms with Crippen LogP contribution in [0.5, 0.6) is 5.75 Å². The van der Waals surface area contributed by atoms with Gasteiger partial charge in [0.2, 0.25) is 5.91 Å². The topological polar surface area (TPSA) is 91.9 Å². The second kappa shape index (κ2) is 9.70. The fraction of sp³-hybridized carbons (Fsp3) is 0.0870. The quantitative estimate of drug-likeness (QED) is 0.238. The smallest absolute Gasteiger partial charge is 0.247 e. The number of carbonyl (C=O) groups is 1. The van der Waals surface area contributed by atoms with Crippen molar-refractivity contribution < 1.29 is 9.53 Å². The van der Waals surface area contributed by atoms with E-state index in [1.165, 1.54) is 18.5 Å². The van der Waals surface area contributed by atoms with E-state index in [0.717, 1.165) is 10.9 Å². The van der Waals surface area contributed by atoms with E-state index in [9.17, 15) is 4.79 Å². The SMILES string of the molecule is C=CC(=O)Nc1cccc(Cl)c1Nc1n[nH]c2ccc(O[C@H](C)c3c(Cl)cncc3Cl)cc12. The van der Waals surface area contributed by atoms with Crippen LogP contribution in [0.15, 0.2) is 61.4 Å². The third kappa shape index (κ3) is 4.90. The summed E-state index contributed by atoms with van der Waals surface area (Å²) in [5.74, 6) is 0.735. The lowest BCUT2D eigenvalue weighted by Gasteiger charge is -2.17. The monoisotopic (exact) mass is 501 g/mol. The highest BCUT2D eigenvalue weighted by molar-refractivity contribution is 6.36. The molecule has 0 bridgehead atoms. The number of nitrogens with zero attached hydrogens (tertiary/aromatic N) is 2. The number of halogens is 3. The number of aromatic amines is 1. The standard InChI is InChI=1S/C23H18Cl3N5O2/c1-3-20(32)28-19-6-4-5-15(24)22(19)29-23-14-9-13(7-8-18(14)30-31-23)33-12(2)21-16(25)10-27-11-17(21)26/h3-12H,1H2,2H3,(H,28,32)(H2,29,30,31)/t12-/m1/s1. The summed E-state index contributed by atoms with van der Waals surface area (Å²) in [6, 6.07) is 10.7. The van der Waals surface area contributed by atoms with Gasteiger partial charge in [-0.25, -0.2) is 0 Å². The number of nitrogens with one attached hydrogen (secondary N) is 3. The maximum atomic E-state index is 11.8. The molecule has 0 saturated heterocycles. The molecular formula is C23H18Cl3N5O2. The molecule has 0 unspecified atom stereocenters. The highest BCUT2D eigenvalue weighted by atomic mass is 35.5. The first-order valence-corrected chi connectivity index (χ1v) is 10.9. The van der Waals surface area contributed by atoms with E-state index in [1.54, 1.807) is 18.2 Å². The van der Waals surface area contributed by atoms with Crippen molar-refractivity contribution in [3.63, 3.8) is 0 Å². The zero-order valence-electron chi connectivity index (χ0n) is 17.3. The van der Waals surface area contributed by atoms with Gasteiger partial charge in [-0.3, -0.25) is 14.9 Å². The summed E-state index contributed by atoms with van der Waals surface area (Å²) in [6.07, 6.45) is 3.81. The molecule has 10 heteroatoms. The van der Waals surface area contributed by atoms with Crippen molar-refractivity contribution in [1.82, 2.24) is 15.2 Å². The van der Waals surface area contributed by atoms with E-state index in [-0.39, 0.29) is 5.91 Å². The van der Waals surface area contributed by atoms with Gasteiger partial charge in [0, 0.05) is 23.3 Å². The third-order valence-electron chi connectivity index (χ3n) is 4.84. The van der Waals surface area contributed by atoms with Crippen LogP contribution in [0.3, 0.4) is 0 Å². The maximum absolute atomic E-state index is 11.8. The van der Waals surface area contributed by atoms with Crippen molar-refractivity contribution in [2.45, 2.75) is 13.0 Å². The Morgan fingerprint density at radius 2 is 1.91 bits per heavy atom. The first kappa shape index (κ1) is 22.9. The van der Waals surface area contributed by atoms with Crippen molar-refractivity contribution in [3.8, 4) is 5.75 Å². The predicted molar refractivity (Wildman–Crippen MR) is 133 cm³/mol. The Labute approximate surface area is 204 Å². The van der Waals surface area contributed by atoms with Crippen molar-refractivity contribution in [3.05, 3.63) is 82.1 Å². The zero-order valence-corrected chi connectivity index (χ0v) is 19.6. The molecule has 0 saturated carbocycles. The molecule has 2 aromatic carbocycles. The van der Waals surface area contributed by atoms with Crippen LogP contribution in [0.2, 0.25) is 15.1 Å². The van der Waals surface area contributed by atoms with Gasteiger partial charge in [0.05, 0.1) is 32.0 Å². The highest BCUT2D eigenvalue weighted by Gasteiger charge is 2.18. The first-order valence-electron chi connectivity index (χ1n) is 9.80. The number of benzene rings is 2. The molecule has 0 aliphatic carbocycles. The molecule has 4 aromatic rings. The second-order valence-electron chi connectivity index (χ2n) is 7.04. The van der Waals surface area contributed by atoms with Crippen molar-refractivity contribution in [2.75, 3.05) is 10.6 Å². The lowest BCUT2D eigenvalue weighted by Crippen LogP contribution is -2.09. The molecule has 0 spiro atoms. The molecule has 2 heterocycles. The number of para-hydroxylation sites is 1. The molecule has 0 fully saturated rings. The lowest BCUT2D eigenvalue weighted by atomic mass is 10.1. The van der Waals surface area contributed by atoms with Crippen LogP contribution in [0.25, 0.3) is 10.9 Å². The molecular weight excluding hydrogens is 485 g/mol. The summed E-state index contributed by atoms with van der Waals surface area (Å²) < 4.78 is 6.10. The Hall–Kier alpha value is -3.26. The van der Waals surface area contributed by atoms with Gasteiger partial charge in [-0.15, -0.1) is 0 Å². The second-order valence-corrected chi connectivity index (χ2v) is 8.26. The number of fused-ring (bicyclic) bond motifs is 1. The van der Waals surface area contributed by atoms with E-state index in [4.69, 9.17) is 39.5 Å². The molecule has 33 heavy (non-hydrogen) atoms. The summed E-state index contributed by atoms with van der Waals surface area (Å²) in [4.78, 5) is 15.8. The zero-order chi connectivity index (χ0) is 23.5. The number of hydrogen-bond acceptors (Lipinski definition) is 5.